The van der Waals surface area contributed by atoms with Crippen molar-refractivity contribution in [1.29, 1.82) is 0 Å². The van der Waals surface area contributed by atoms with E-state index in [-0.39, 0.29) is 47.7 Å². The summed E-state index contributed by atoms with van der Waals surface area (Å²) in [6, 6.07) is 7.70. The molecule has 7 nitrogen and oxygen atoms in total. The highest BCUT2D eigenvalue weighted by Crippen LogP contribution is 2.39. The van der Waals surface area contributed by atoms with E-state index in [1.165, 1.54) is 12.1 Å². The fraction of sp³-hybridized carbons (Fsp3) is 0.346. The average Bonchev–Trinajstić information content (AvgIpc) is 2.85. The first kappa shape index (κ1) is 23.9. The molecule has 0 spiro atoms. The monoisotopic (exact) mass is 497 g/mol. The number of benzene rings is 2. The zero-order chi connectivity index (χ0) is 25.4. The molecule has 1 fully saturated rings. The lowest BCUT2D eigenvalue weighted by atomic mass is 10.1. The topological polar surface area (TPSA) is 70.6 Å². The molecular weight excluding hydrogens is 471 g/mol. The number of carbonyl (C=O) groups excluding carboxylic acids is 1. The number of carbonyl (C=O) groups is 1. The van der Waals surface area contributed by atoms with Gasteiger partial charge in [-0.1, -0.05) is 6.07 Å². The lowest BCUT2D eigenvalue weighted by Crippen LogP contribution is -2.48. The Balaban J connectivity index is 1.43. The van der Waals surface area contributed by atoms with Gasteiger partial charge in [-0.2, -0.15) is 0 Å². The van der Waals surface area contributed by atoms with E-state index < -0.39 is 17.5 Å². The highest BCUT2D eigenvalue weighted by Gasteiger charge is 2.26. The van der Waals surface area contributed by atoms with Crippen molar-refractivity contribution in [2.75, 3.05) is 42.6 Å². The van der Waals surface area contributed by atoms with Gasteiger partial charge in [0, 0.05) is 31.1 Å². The third-order valence-electron chi connectivity index (χ3n) is 6.36. The summed E-state index contributed by atoms with van der Waals surface area (Å²) < 4.78 is 50.1. The molecule has 3 aromatic rings. The van der Waals surface area contributed by atoms with Gasteiger partial charge in [0.25, 0.3) is 0 Å². The highest BCUT2D eigenvalue weighted by molar-refractivity contribution is 5.82. The number of rotatable bonds is 5. The molecule has 1 amide bonds. The smallest absolute Gasteiger partial charge is 0.239 e. The van der Waals surface area contributed by atoms with Gasteiger partial charge in [0.15, 0.2) is 17.4 Å². The number of aromatic nitrogens is 2. The fourth-order valence-corrected chi connectivity index (χ4v) is 4.61. The van der Waals surface area contributed by atoms with Crippen molar-refractivity contribution in [3.05, 3.63) is 65.4 Å². The van der Waals surface area contributed by atoms with E-state index in [4.69, 9.17) is 4.74 Å². The summed E-state index contributed by atoms with van der Waals surface area (Å²) in [5.41, 5.74) is 1.72. The maximum absolute atomic E-state index is 14.9. The minimum absolute atomic E-state index is 0.0348. The Morgan fingerprint density at radius 2 is 1.89 bits per heavy atom. The highest BCUT2D eigenvalue weighted by atomic mass is 19.1. The number of nitrogens with zero attached hydrogens (tertiary/aromatic N) is 4. The quantitative estimate of drug-likeness (QED) is 0.580. The van der Waals surface area contributed by atoms with Crippen LogP contribution in [0.5, 0.6) is 5.75 Å². The van der Waals surface area contributed by atoms with E-state index in [1.54, 1.807) is 23.1 Å². The van der Waals surface area contributed by atoms with Crippen LogP contribution in [-0.2, 0) is 11.2 Å². The molecule has 2 aromatic carbocycles. The molecule has 1 aromatic heterocycles. The lowest BCUT2D eigenvalue weighted by Gasteiger charge is -2.34. The van der Waals surface area contributed by atoms with Crippen molar-refractivity contribution in [1.82, 2.24) is 15.3 Å². The number of ether oxygens (including phenoxy) is 1. The summed E-state index contributed by atoms with van der Waals surface area (Å²) in [5.74, 6) is -1.47. The third-order valence-corrected chi connectivity index (χ3v) is 6.36. The third kappa shape index (κ3) is 4.67. The van der Waals surface area contributed by atoms with Crippen LogP contribution in [0.15, 0.2) is 36.5 Å². The van der Waals surface area contributed by atoms with Gasteiger partial charge in [0.05, 0.1) is 30.7 Å². The van der Waals surface area contributed by atoms with E-state index in [0.29, 0.717) is 43.2 Å². The number of piperazine rings is 1. The van der Waals surface area contributed by atoms with Crippen molar-refractivity contribution in [3.8, 4) is 17.0 Å². The van der Waals surface area contributed by atoms with Crippen LogP contribution in [0.4, 0.5) is 24.5 Å². The van der Waals surface area contributed by atoms with Crippen LogP contribution in [-0.4, -0.2) is 54.7 Å². The molecule has 2 aliphatic rings. The molecule has 0 unspecified atom stereocenters. The summed E-state index contributed by atoms with van der Waals surface area (Å²) in [6.07, 6.45) is 1.20. The number of hydrogen-bond acceptors (Lipinski definition) is 6. The molecule has 10 heteroatoms. The minimum atomic E-state index is -0.684. The van der Waals surface area contributed by atoms with Gasteiger partial charge >= 0.3 is 0 Å². The van der Waals surface area contributed by atoms with E-state index in [0.717, 1.165) is 6.20 Å². The van der Waals surface area contributed by atoms with E-state index in [1.807, 2.05) is 18.7 Å². The minimum Gasteiger partial charge on any atom is -0.486 e. The van der Waals surface area contributed by atoms with Crippen LogP contribution < -0.4 is 19.9 Å². The van der Waals surface area contributed by atoms with Gasteiger partial charge in [-0.25, -0.2) is 23.1 Å². The molecular formula is C26H26F3N5O2. The Hall–Kier alpha value is -3.82. The van der Waals surface area contributed by atoms with Crippen LogP contribution in [0.3, 0.4) is 0 Å². The molecule has 0 atom stereocenters. The van der Waals surface area contributed by atoms with Gasteiger partial charge in [-0.3, -0.25) is 4.79 Å². The molecule has 3 heterocycles. The van der Waals surface area contributed by atoms with E-state index >= 15 is 0 Å². The zero-order valence-corrected chi connectivity index (χ0v) is 20.0. The molecule has 188 valence electrons. The first-order valence-electron chi connectivity index (χ1n) is 11.8. The molecule has 5 rings (SSSR count). The second-order valence-corrected chi connectivity index (χ2v) is 9.16. The van der Waals surface area contributed by atoms with Crippen molar-refractivity contribution in [3.63, 3.8) is 0 Å². The Morgan fingerprint density at radius 3 is 2.64 bits per heavy atom. The second kappa shape index (κ2) is 9.67. The molecule has 0 radical (unpaired) electrons. The van der Waals surface area contributed by atoms with Crippen LogP contribution >= 0.6 is 0 Å². The fourth-order valence-electron chi connectivity index (χ4n) is 4.61. The van der Waals surface area contributed by atoms with E-state index in [9.17, 15) is 18.0 Å². The number of hydrogen-bond donors (Lipinski definition) is 1. The normalized spacial score (nSPS) is 15.6. The standard InChI is InChI=1S/C26H26F3N5O2/c1-15(2)34-7-8-36-26-19(28)11-17(12-22(26)34)25-20(29)13-31-23(32-25)10-16-3-4-21(18(27)9-16)33-6-5-30-24(35)14-33/h3-4,9,11-13,15H,5-8,10,14H2,1-2H3,(H,30,35). The molecule has 0 aliphatic carbocycles. The van der Waals surface area contributed by atoms with Crippen molar-refractivity contribution >= 4 is 17.3 Å². The average molecular weight is 498 g/mol. The largest absolute Gasteiger partial charge is 0.486 e. The number of amides is 1. The Morgan fingerprint density at radius 1 is 1.06 bits per heavy atom. The predicted octanol–water partition coefficient (Wildman–Crippen LogP) is 3.70. The maximum Gasteiger partial charge on any atom is 0.239 e. The number of fused-ring (bicyclic) bond motifs is 1. The van der Waals surface area contributed by atoms with Crippen LogP contribution in [0, 0.1) is 17.5 Å². The first-order chi connectivity index (χ1) is 17.3. The number of nitrogens with one attached hydrogen (secondary N) is 1. The summed E-state index contributed by atoms with van der Waals surface area (Å²) >= 11 is 0. The van der Waals surface area contributed by atoms with Gasteiger partial charge in [-0.15, -0.1) is 0 Å². The van der Waals surface area contributed by atoms with Crippen molar-refractivity contribution in [2.24, 2.45) is 0 Å². The van der Waals surface area contributed by atoms with Gasteiger partial charge in [0.1, 0.15) is 23.9 Å². The Kier molecular flexibility index (Phi) is 6.42. The molecule has 36 heavy (non-hydrogen) atoms. The van der Waals surface area contributed by atoms with Gasteiger partial charge in [0.2, 0.25) is 5.91 Å². The molecule has 2 aliphatic heterocycles. The maximum atomic E-state index is 14.9. The van der Waals surface area contributed by atoms with Gasteiger partial charge in [-0.05, 0) is 43.7 Å². The first-order valence-corrected chi connectivity index (χ1v) is 11.8. The van der Waals surface area contributed by atoms with Crippen molar-refractivity contribution in [2.45, 2.75) is 26.3 Å². The van der Waals surface area contributed by atoms with Crippen molar-refractivity contribution < 1.29 is 22.7 Å². The summed E-state index contributed by atoms with van der Waals surface area (Å²) in [5, 5.41) is 2.71. The van der Waals surface area contributed by atoms with Gasteiger partial charge < -0.3 is 19.9 Å². The lowest BCUT2D eigenvalue weighted by molar-refractivity contribution is -0.120. The second-order valence-electron chi connectivity index (χ2n) is 9.16. The number of halogens is 3. The Bertz CT molecular complexity index is 1320. The molecule has 0 bridgehead atoms. The SMILES string of the molecule is CC(C)N1CCOc2c(F)cc(-c3nc(Cc4ccc(N5CCNC(=O)C5)c(F)c4)ncc3F)cc21. The van der Waals surface area contributed by atoms with Crippen LogP contribution in [0.1, 0.15) is 25.2 Å². The molecule has 1 saturated heterocycles. The van der Waals surface area contributed by atoms with Crippen LogP contribution in [0.25, 0.3) is 11.3 Å². The zero-order valence-electron chi connectivity index (χ0n) is 20.0. The number of anilines is 2. The predicted molar refractivity (Wildman–Crippen MR) is 130 cm³/mol. The Labute approximate surface area is 206 Å². The summed E-state index contributed by atoms with van der Waals surface area (Å²) in [7, 11) is 0. The molecule has 1 N–H and O–H groups in total. The van der Waals surface area contributed by atoms with Crippen LogP contribution in [0.2, 0.25) is 0 Å². The van der Waals surface area contributed by atoms with E-state index in [2.05, 4.69) is 15.3 Å². The molecule has 0 saturated carbocycles. The summed E-state index contributed by atoms with van der Waals surface area (Å²) in [4.78, 5) is 23.7. The summed E-state index contributed by atoms with van der Waals surface area (Å²) in [6.45, 7) is 6.01.